The highest BCUT2D eigenvalue weighted by Gasteiger charge is 2.38. The van der Waals surface area contributed by atoms with Crippen molar-refractivity contribution in [3.8, 4) is 11.5 Å². The number of likely N-dealkylation sites (tertiary alicyclic amines) is 1. The first kappa shape index (κ1) is 21.3. The first-order chi connectivity index (χ1) is 12.1. The van der Waals surface area contributed by atoms with Crippen molar-refractivity contribution in [3.63, 3.8) is 0 Å². The lowest BCUT2D eigenvalue weighted by molar-refractivity contribution is 0.194. The van der Waals surface area contributed by atoms with Gasteiger partial charge in [-0.05, 0) is 74.8 Å². The van der Waals surface area contributed by atoms with Gasteiger partial charge in [0.1, 0.15) is 0 Å². The zero-order valence-electron chi connectivity index (χ0n) is 16.6. The summed E-state index contributed by atoms with van der Waals surface area (Å²) in [4.78, 5) is 2.62. The van der Waals surface area contributed by atoms with Crippen molar-refractivity contribution in [2.75, 3.05) is 39.4 Å². The molecule has 0 aliphatic carbocycles. The molecule has 0 radical (unpaired) electrons. The van der Waals surface area contributed by atoms with Crippen LogP contribution in [0.1, 0.15) is 45.6 Å². The van der Waals surface area contributed by atoms with Crippen LogP contribution in [0.5, 0.6) is 11.5 Å². The SMILES string of the molecule is CCOc1cc(CN2CCC3(CCNCC3)C2)ccc1OCC(C)C.Cl. The maximum absolute atomic E-state index is 5.92. The molecule has 0 atom stereocenters. The topological polar surface area (TPSA) is 33.7 Å². The van der Waals surface area contributed by atoms with Crippen LogP contribution in [0.15, 0.2) is 18.2 Å². The Hall–Kier alpha value is -0.970. The number of hydrogen-bond acceptors (Lipinski definition) is 4. The van der Waals surface area contributed by atoms with Gasteiger partial charge < -0.3 is 14.8 Å². The van der Waals surface area contributed by atoms with E-state index in [1.54, 1.807) is 0 Å². The third-order valence-corrected chi connectivity index (χ3v) is 5.47. The van der Waals surface area contributed by atoms with Gasteiger partial charge in [0.15, 0.2) is 11.5 Å². The van der Waals surface area contributed by atoms with E-state index in [1.165, 1.54) is 51.0 Å². The smallest absolute Gasteiger partial charge is 0.161 e. The van der Waals surface area contributed by atoms with Gasteiger partial charge >= 0.3 is 0 Å². The quantitative estimate of drug-likeness (QED) is 0.769. The van der Waals surface area contributed by atoms with E-state index in [4.69, 9.17) is 9.47 Å². The second kappa shape index (κ2) is 9.82. The number of rotatable bonds is 7. The number of nitrogens with one attached hydrogen (secondary N) is 1. The average Bonchev–Trinajstić information content (AvgIpc) is 2.97. The molecule has 1 spiro atoms. The standard InChI is InChI=1S/C21H34N2O2.ClH/c1-4-24-20-13-18(5-6-19(20)25-15-17(2)3)14-23-12-9-21(16-23)7-10-22-11-8-21;/h5-6,13,17,22H,4,7-12,14-16H2,1-3H3;1H. The first-order valence-electron chi connectivity index (χ1n) is 9.92. The van der Waals surface area contributed by atoms with E-state index in [-0.39, 0.29) is 12.4 Å². The molecule has 0 bridgehead atoms. The summed E-state index contributed by atoms with van der Waals surface area (Å²) in [5.41, 5.74) is 1.89. The van der Waals surface area contributed by atoms with E-state index in [2.05, 4.69) is 42.3 Å². The first-order valence-corrected chi connectivity index (χ1v) is 9.92. The molecule has 5 heteroatoms. The van der Waals surface area contributed by atoms with E-state index in [9.17, 15) is 0 Å². The third-order valence-electron chi connectivity index (χ3n) is 5.47. The molecule has 0 amide bonds. The van der Waals surface area contributed by atoms with Gasteiger partial charge in [-0.15, -0.1) is 12.4 Å². The largest absolute Gasteiger partial charge is 0.490 e. The summed E-state index contributed by atoms with van der Waals surface area (Å²) in [6, 6.07) is 6.46. The van der Waals surface area contributed by atoms with E-state index >= 15 is 0 Å². The van der Waals surface area contributed by atoms with Gasteiger partial charge in [0, 0.05) is 13.1 Å². The molecular weight excluding hydrogens is 348 g/mol. The van der Waals surface area contributed by atoms with Gasteiger partial charge in [0.2, 0.25) is 0 Å². The van der Waals surface area contributed by atoms with Crippen LogP contribution >= 0.6 is 12.4 Å². The molecule has 148 valence electrons. The molecule has 1 N–H and O–H groups in total. The number of halogens is 1. The Bertz CT molecular complexity index is 559. The molecule has 2 fully saturated rings. The highest BCUT2D eigenvalue weighted by molar-refractivity contribution is 5.85. The van der Waals surface area contributed by atoms with Crippen LogP contribution in [0, 0.1) is 11.3 Å². The fourth-order valence-electron chi connectivity index (χ4n) is 4.08. The number of benzene rings is 1. The van der Waals surface area contributed by atoms with Crippen molar-refractivity contribution in [3.05, 3.63) is 23.8 Å². The fraction of sp³-hybridized carbons (Fsp3) is 0.714. The van der Waals surface area contributed by atoms with Crippen LogP contribution in [-0.2, 0) is 6.54 Å². The molecule has 4 nitrogen and oxygen atoms in total. The molecule has 0 aromatic heterocycles. The summed E-state index contributed by atoms with van der Waals surface area (Å²) in [5.74, 6) is 2.27. The van der Waals surface area contributed by atoms with Crippen molar-refractivity contribution in [2.45, 2.75) is 46.6 Å². The van der Waals surface area contributed by atoms with Crippen molar-refractivity contribution in [2.24, 2.45) is 11.3 Å². The average molecular weight is 383 g/mol. The summed E-state index contributed by atoms with van der Waals surface area (Å²) in [6.45, 7) is 13.6. The minimum atomic E-state index is 0. The van der Waals surface area contributed by atoms with Crippen molar-refractivity contribution in [1.29, 1.82) is 0 Å². The highest BCUT2D eigenvalue weighted by Crippen LogP contribution is 2.39. The number of piperidine rings is 1. The van der Waals surface area contributed by atoms with Gasteiger partial charge in [-0.2, -0.15) is 0 Å². The molecule has 2 aliphatic heterocycles. The Labute approximate surface area is 165 Å². The van der Waals surface area contributed by atoms with Crippen LogP contribution in [0.2, 0.25) is 0 Å². The summed E-state index contributed by atoms with van der Waals surface area (Å²) < 4.78 is 11.8. The Balaban J connectivity index is 0.00000243. The van der Waals surface area contributed by atoms with E-state index < -0.39 is 0 Å². The van der Waals surface area contributed by atoms with Gasteiger partial charge in [-0.3, -0.25) is 4.90 Å². The molecule has 2 saturated heterocycles. The molecule has 0 saturated carbocycles. The maximum Gasteiger partial charge on any atom is 0.161 e. The summed E-state index contributed by atoms with van der Waals surface area (Å²) in [7, 11) is 0. The van der Waals surface area contributed by atoms with E-state index in [1.807, 2.05) is 6.92 Å². The second-order valence-corrected chi connectivity index (χ2v) is 8.13. The van der Waals surface area contributed by atoms with Crippen molar-refractivity contribution < 1.29 is 9.47 Å². The van der Waals surface area contributed by atoms with Crippen LogP contribution in [0.4, 0.5) is 0 Å². The third kappa shape index (κ3) is 5.51. The van der Waals surface area contributed by atoms with Gasteiger partial charge in [-0.25, -0.2) is 0 Å². The van der Waals surface area contributed by atoms with Crippen LogP contribution in [-0.4, -0.2) is 44.3 Å². The highest BCUT2D eigenvalue weighted by atomic mass is 35.5. The Morgan fingerprint density at radius 1 is 1.12 bits per heavy atom. The van der Waals surface area contributed by atoms with Crippen LogP contribution in [0.3, 0.4) is 0 Å². The normalized spacial score (nSPS) is 19.5. The summed E-state index contributed by atoms with van der Waals surface area (Å²) in [5, 5.41) is 3.50. The lowest BCUT2D eigenvalue weighted by Crippen LogP contribution is -2.38. The van der Waals surface area contributed by atoms with Crippen molar-refractivity contribution >= 4 is 12.4 Å². The van der Waals surface area contributed by atoms with E-state index in [0.29, 0.717) is 17.9 Å². The van der Waals surface area contributed by atoms with Crippen molar-refractivity contribution in [1.82, 2.24) is 10.2 Å². The predicted octanol–water partition coefficient (Wildman–Crippen LogP) is 4.12. The second-order valence-electron chi connectivity index (χ2n) is 8.13. The molecule has 1 aromatic rings. The lowest BCUT2D eigenvalue weighted by atomic mass is 9.78. The molecule has 1 aromatic carbocycles. The van der Waals surface area contributed by atoms with Gasteiger partial charge in [0.05, 0.1) is 13.2 Å². The molecule has 3 rings (SSSR count). The molecule has 2 aliphatic rings. The number of hydrogen-bond donors (Lipinski definition) is 1. The van der Waals surface area contributed by atoms with Gasteiger partial charge in [0.25, 0.3) is 0 Å². The zero-order valence-corrected chi connectivity index (χ0v) is 17.4. The summed E-state index contributed by atoms with van der Waals surface area (Å²) in [6.07, 6.45) is 4.01. The zero-order chi connectivity index (χ0) is 17.7. The predicted molar refractivity (Wildman–Crippen MR) is 110 cm³/mol. The van der Waals surface area contributed by atoms with Crippen LogP contribution < -0.4 is 14.8 Å². The molecule has 2 heterocycles. The fourth-order valence-corrected chi connectivity index (χ4v) is 4.08. The maximum atomic E-state index is 5.92. The molecule has 26 heavy (non-hydrogen) atoms. The Morgan fingerprint density at radius 2 is 1.88 bits per heavy atom. The Kier molecular flexibility index (Phi) is 8.05. The van der Waals surface area contributed by atoms with Crippen LogP contribution in [0.25, 0.3) is 0 Å². The summed E-state index contributed by atoms with van der Waals surface area (Å²) >= 11 is 0. The monoisotopic (exact) mass is 382 g/mol. The number of nitrogens with zero attached hydrogens (tertiary/aromatic N) is 1. The number of ether oxygens (including phenoxy) is 2. The lowest BCUT2D eigenvalue weighted by Gasteiger charge is -2.34. The van der Waals surface area contributed by atoms with Gasteiger partial charge in [-0.1, -0.05) is 19.9 Å². The molecule has 0 unspecified atom stereocenters. The minimum Gasteiger partial charge on any atom is -0.490 e. The Morgan fingerprint density at radius 3 is 2.58 bits per heavy atom. The minimum absolute atomic E-state index is 0. The van der Waals surface area contributed by atoms with E-state index in [0.717, 1.165) is 24.7 Å². The molecular formula is C21H35ClN2O2.